The van der Waals surface area contributed by atoms with Crippen molar-refractivity contribution in [3.8, 4) is 0 Å². The molecule has 14 heteroatoms. The third-order valence-corrected chi connectivity index (χ3v) is 15.8. The molecule has 14 nitrogen and oxygen atoms in total. The summed E-state index contributed by atoms with van der Waals surface area (Å²) in [6, 6.07) is 0. The molecule has 2 saturated heterocycles. The number of carbonyl (C=O) groups is 1. The van der Waals surface area contributed by atoms with Crippen molar-refractivity contribution in [2.24, 2.45) is 0 Å². The van der Waals surface area contributed by atoms with Crippen LogP contribution in [0.15, 0.2) is 48.6 Å². The summed E-state index contributed by atoms with van der Waals surface area (Å²) in [6.45, 7) is 3.71. The van der Waals surface area contributed by atoms with Crippen LogP contribution in [0.5, 0.6) is 0 Å². The zero-order valence-corrected chi connectivity index (χ0v) is 51.3. The SMILES string of the molecule is CCCCCCC/C=C\C/C=C\C/C=C\CCCCCCCCCCC(=O)OC(COCCCCCCCCCCCCCC/C=C\CCCCCCCCCC)COC1OC(COC2OC(CO)C(O)C(O)C2O)C(O)C(O)C1O. The fourth-order valence-corrected chi connectivity index (χ4v) is 10.5. The predicted molar refractivity (Wildman–Crippen MR) is 326 cm³/mol. The van der Waals surface area contributed by atoms with Gasteiger partial charge in [-0.1, -0.05) is 236 Å². The molecule has 7 N–H and O–H groups in total. The Morgan fingerprint density at radius 1 is 0.407 bits per heavy atom. The van der Waals surface area contributed by atoms with Crippen molar-refractivity contribution in [1.82, 2.24) is 0 Å². The topological polar surface area (TPSA) is 214 Å². The van der Waals surface area contributed by atoms with Crippen LogP contribution in [0.2, 0.25) is 0 Å². The van der Waals surface area contributed by atoms with Gasteiger partial charge in [0, 0.05) is 13.0 Å². The smallest absolute Gasteiger partial charge is 0.306 e. The number of rotatable bonds is 55. The minimum Gasteiger partial charge on any atom is -0.457 e. The van der Waals surface area contributed by atoms with E-state index in [0.717, 1.165) is 57.8 Å². The monoisotopic (exact) mass is 1150 g/mol. The number of esters is 1. The van der Waals surface area contributed by atoms with Crippen LogP contribution in [0.25, 0.3) is 0 Å². The lowest BCUT2D eigenvalue weighted by Gasteiger charge is -2.42. The van der Waals surface area contributed by atoms with Crippen LogP contribution >= 0.6 is 0 Å². The van der Waals surface area contributed by atoms with Crippen molar-refractivity contribution in [2.75, 3.05) is 33.0 Å². The Balaban J connectivity index is 1.67. The lowest BCUT2D eigenvalue weighted by atomic mass is 9.98. The van der Waals surface area contributed by atoms with E-state index in [0.29, 0.717) is 13.0 Å². The molecule has 81 heavy (non-hydrogen) atoms. The summed E-state index contributed by atoms with van der Waals surface area (Å²) >= 11 is 0. The van der Waals surface area contributed by atoms with Crippen molar-refractivity contribution >= 4 is 5.97 Å². The maximum atomic E-state index is 13.1. The molecular weight excluding hydrogens is 1030 g/mol. The summed E-state index contributed by atoms with van der Waals surface area (Å²) in [5.74, 6) is -0.380. The second kappa shape index (κ2) is 53.4. The summed E-state index contributed by atoms with van der Waals surface area (Å²) in [6.07, 6.45) is 50.3. The fourth-order valence-electron chi connectivity index (χ4n) is 10.5. The average molecular weight is 1150 g/mol. The second-order valence-electron chi connectivity index (χ2n) is 23.3. The first-order valence-corrected chi connectivity index (χ1v) is 33.2. The van der Waals surface area contributed by atoms with Crippen LogP contribution in [0.4, 0.5) is 0 Å². The maximum Gasteiger partial charge on any atom is 0.306 e. The molecule has 2 rings (SSSR count). The highest BCUT2D eigenvalue weighted by molar-refractivity contribution is 5.69. The first-order valence-electron chi connectivity index (χ1n) is 33.2. The van der Waals surface area contributed by atoms with E-state index in [2.05, 4.69) is 62.5 Å². The summed E-state index contributed by atoms with van der Waals surface area (Å²) in [4.78, 5) is 13.1. The van der Waals surface area contributed by atoms with E-state index >= 15 is 0 Å². The fraction of sp³-hybridized carbons (Fsp3) is 0.866. The minimum absolute atomic E-state index is 0.0590. The van der Waals surface area contributed by atoms with E-state index in [-0.39, 0.29) is 25.6 Å². The Morgan fingerprint density at radius 3 is 1.21 bits per heavy atom. The van der Waals surface area contributed by atoms with Gasteiger partial charge in [-0.05, 0) is 77.0 Å². The highest BCUT2D eigenvalue weighted by atomic mass is 16.7. The number of allylic oxidation sites excluding steroid dienone is 8. The van der Waals surface area contributed by atoms with Gasteiger partial charge in [-0.3, -0.25) is 4.79 Å². The predicted octanol–water partition coefficient (Wildman–Crippen LogP) is 13.4. The van der Waals surface area contributed by atoms with Gasteiger partial charge in [0.05, 0.1) is 26.4 Å². The first kappa shape index (κ1) is 75.0. The number of carbonyl (C=O) groups excluding carboxylic acids is 1. The lowest BCUT2D eigenvalue weighted by Crippen LogP contribution is -2.61. The lowest BCUT2D eigenvalue weighted by molar-refractivity contribution is -0.332. The van der Waals surface area contributed by atoms with Crippen LogP contribution in [-0.4, -0.2) is 142 Å². The van der Waals surface area contributed by atoms with Crippen molar-refractivity contribution in [3.63, 3.8) is 0 Å². The number of aliphatic hydroxyl groups is 7. The van der Waals surface area contributed by atoms with Gasteiger partial charge in [-0.15, -0.1) is 0 Å². The Labute approximate surface area is 492 Å². The van der Waals surface area contributed by atoms with Crippen LogP contribution < -0.4 is 0 Å². The summed E-state index contributed by atoms with van der Waals surface area (Å²) < 4.78 is 34.5. The van der Waals surface area contributed by atoms with Gasteiger partial charge in [0.25, 0.3) is 0 Å². The zero-order valence-electron chi connectivity index (χ0n) is 51.3. The number of aliphatic hydroxyl groups excluding tert-OH is 7. The van der Waals surface area contributed by atoms with E-state index in [1.54, 1.807) is 0 Å². The van der Waals surface area contributed by atoms with Gasteiger partial charge >= 0.3 is 5.97 Å². The number of hydrogen-bond acceptors (Lipinski definition) is 14. The summed E-state index contributed by atoms with van der Waals surface area (Å²) in [5.41, 5.74) is 0. The maximum absolute atomic E-state index is 13.1. The molecule has 11 atom stereocenters. The van der Waals surface area contributed by atoms with Crippen LogP contribution in [0.3, 0.4) is 0 Å². The number of ether oxygens (including phenoxy) is 6. The Kier molecular flexibility index (Phi) is 49.5. The molecule has 2 aliphatic heterocycles. The molecule has 0 radical (unpaired) electrons. The van der Waals surface area contributed by atoms with E-state index < -0.39 is 80.7 Å². The molecule has 0 spiro atoms. The van der Waals surface area contributed by atoms with Crippen LogP contribution in [0.1, 0.15) is 271 Å². The molecule has 0 aromatic carbocycles. The third-order valence-electron chi connectivity index (χ3n) is 15.8. The van der Waals surface area contributed by atoms with Crippen molar-refractivity contribution in [3.05, 3.63) is 48.6 Å². The normalized spacial score (nSPS) is 24.0. The molecule has 0 aliphatic carbocycles. The quantitative estimate of drug-likeness (QED) is 0.0171. The minimum atomic E-state index is -1.71. The molecule has 0 aromatic heterocycles. The molecule has 0 aromatic rings. The van der Waals surface area contributed by atoms with Crippen LogP contribution in [0, 0.1) is 0 Å². The van der Waals surface area contributed by atoms with Crippen molar-refractivity contribution in [1.29, 1.82) is 0 Å². The van der Waals surface area contributed by atoms with Gasteiger partial charge in [0.15, 0.2) is 12.6 Å². The molecule has 0 bridgehead atoms. The second-order valence-corrected chi connectivity index (χ2v) is 23.3. The van der Waals surface area contributed by atoms with E-state index in [1.807, 2.05) is 0 Å². The third kappa shape index (κ3) is 39.3. The largest absolute Gasteiger partial charge is 0.457 e. The number of hydrogen-bond donors (Lipinski definition) is 7. The first-order chi connectivity index (χ1) is 39.6. The molecule has 2 fully saturated rings. The Hall–Kier alpha value is -2.05. The van der Waals surface area contributed by atoms with Crippen molar-refractivity contribution in [2.45, 2.75) is 338 Å². The molecule has 474 valence electrons. The van der Waals surface area contributed by atoms with Gasteiger partial charge in [0.2, 0.25) is 0 Å². The van der Waals surface area contributed by atoms with Gasteiger partial charge < -0.3 is 64.2 Å². The van der Waals surface area contributed by atoms with Gasteiger partial charge in [-0.25, -0.2) is 0 Å². The van der Waals surface area contributed by atoms with Gasteiger partial charge in [0.1, 0.15) is 54.9 Å². The Morgan fingerprint density at radius 2 is 0.765 bits per heavy atom. The molecule has 11 unspecified atom stereocenters. The summed E-state index contributed by atoms with van der Waals surface area (Å²) in [5, 5.41) is 72.5. The Bertz CT molecular complexity index is 1520. The molecule has 2 aliphatic rings. The van der Waals surface area contributed by atoms with Crippen molar-refractivity contribution < 1.29 is 69.0 Å². The molecule has 0 saturated carbocycles. The van der Waals surface area contributed by atoms with E-state index in [4.69, 9.17) is 28.4 Å². The van der Waals surface area contributed by atoms with E-state index in [9.17, 15) is 40.5 Å². The zero-order chi connectivity index (χ0) is 58.6. The highest BCUT2D eigenvalue weighted by Gasteiger charge is 2.47. The van der Waals surface area contributed by atoms with Crippen LogP contribution in [-0.2, 0) is 33.2 Å². The summed E-state index contributed by atoms with van der Waals surface area (Å²) in [7, 11) is 0. The van der Waals surface area contributed by atoms with Gasteiger partial charge in [-0.2, -0.15) is 0 Å². The average Bonchev–Trinajstić information content (AvgIpc) is 3.46. The number of unbranched alkanes of at least 4 members (excludes halogenated alkanes) is 33. The molecule has 2 heterocycles. The molecule has 0 amide bonds. The molecular formula is C67H122O14. The highest BCUT2D eigenvalue weighted by Crippen LogP contribution is 2.27. The van der Waals surface area contributed by atoms with E-state index in [1.165, 1.54) is 186 Å². The standard InChI is InChI=1S/C67H122O14/c1-3-5-7-9-11-13-15-17-19-21-23-25-27-29-31-33-35-37-39-41-43-45-47-49-51-76-53-56(54-77-66-65(75)63(73)61(71)58(81-66)55-78-67-64(74)62(72)60(70)57(52-68)80-67)79-59(69)50-48-46-44-42-40-38-36-34-32-30-28-26-24-22-20-18-16-14-12-10-8-6-4-2/h16,18,21-24,28,30,56-58,60-68,70-75H,3-15,17,19-20,25-27,29,31-55H2,1-2H3/b18-16-,23-21-,24-22-,30-28-.